The average molecular weight is 514 g/mol. The number of benzene rings is 1. The Bertz CT molecular complexity index is 1040. The molecule has 194 valence electrons. The Labute approximate surface area is 216 Å². The maximum atomic E-state index is 13.2. The van der Waals surface area contributed by atoms with Crippen LogP contribution in [0, 0.1) is 6.92 Å². The fraction of sp³-hybridized carbons (Fsp3) is 0.519. The van der Waals surface area contributed by atoms with Gasteiger partial charge in [-0.1, -0.05) is 12.1 Å². The third-order valence-electron chi connectivity index (χ3n) is 6.56. The number of nitrogens with one attached hydrogen (secondary N) is 2. The number of aliphatic hydroxyl groups is 1. The third-order valence-corrected chi connectivity index (χ3v) is 7.61. The highest BCUT2D eigenvalue weighted by molar-refractivity contribution is 7.99. The molecule has 4 rings (SSSR count). The lowest BCUT2D eigenvalue weighted by Crippen LogP contribution is -2.44. The predicted molar refractivity (Wildman–Crippen MR) is 140 cm³/mol. The minimum atomic E-state index is -0.190. The van der Waals surface area contributed by atoms with Crippen LogP contribution < -0.4 is 20.1 Å². The summed E-state index contributed by atoms with van der Waals surface area (Å²) in [6.07, 6.45) is 6.86. The molecule has 2 fully saturated rings. The molecule has 1 saturated carbocycles. The summed E-state index contributed by atoms with van der Waals surface area (Å²) < 4.78 is 11.6. The van der Waals surface area contributed by atoms with E-state index in [0.29, 0.717) is 22.8 Å². The monoisotopic (exact) mass is 513 g/mol. The topological polar surface area (TPSA) is 110 Å². The first-order chi connectivity index (χ1) is 17.5. The zero-order valence-electron chi connectivity index (χ0n) is 20.7. The molecule has 9 heteroatoms. The van der Waals surface area contributed by atoms with E-state index in [1.165, 1.54) is 0 Å². The molecule has 2 aliphatic rings. The van der Waals surface area contributed by atoms with Crippen LogP contribution in [0.5, 0.6) is 11.6 Å². The molecule has 1 aromatic heterocycles. The van der Waals surface area contributed by atoms with Gasteiger partial charge in [-0.2, -0.15) is 11.8 Å². The van der Waals surface area contributed by atoms with Crippen molar-refractivity contribution in [3.05, 3.63) is 53.2 Å². The second-order valence-electron chi connectivity index (χ2n) is 9.36. The number of hydrogen-bond acceptors (Lipinski definition) is 7. The number of pyridine rings is 1. The Morgan fingerprint density at radius 2 is 1.64 bits per heavy atom. The van der Waals surface area contributed by atoms with Crippen molar-refractivity contribution in [1.82, 2.24) is 15.6 Å². The van der Waals surface area contributed by atoms with E-state index in [1.807, 2.05) is 24.8 Å². The summed E-state index contributed by atoms with van der Waals surface area (Å²) in [5.74, 6) is 2.66. The molecule has 0 radical (unpaired) electrons. The number of thioether (sulfide) groups is 1. The molecule has 0 atom stereocenters. The zero-order valence-corrected chi connectivity index (χ0v) is 21.5. The van der Waals surface area contributed by atoms with Crippen molar-refractivity contribution < 1.29 is 24.2 Å². The summed E-state index contributed by atoms with van der Waals surface area (Å²) in [4.78, 5) is 30.4. The number of aromatic nitrogens is 1. The van der Waals surface area contributed by atoms with E-state index in [-0.39, 0.29) is 43.2 Å². The maximum Gasteiger partial charge on any atom is 0.256 e. The largest absolute Gasteiger partial charge is 0.490 e. The van der Waals surface area contributed by atoms with Crippen LogP contribution in [0.3, 0.4) is 0 Å². The summed E-state index contributed by atoms with van der Waals surface area (Å²) in [5.41, 5.74) is 1.86. The zero-order chi connectivity index (χ0) is 25.3. The number of carbonyl (C=O) groups is 2. The van der Waals surface area contributed by atoms with Crippen molar-refractivity contribution in [3.63, 3.8) is 0 Å². The number of aliphatic hydroxyl groups excluding tert-OH is 1. The molecule has 2 amide bonds. The lowest BCUT2D eigenvalue weighted by atomic mass is 9.90. The Balaban J connectivity index is 1.30. The first kappa shape index (κ1) is 26.3. The molecule has 0 unspecified atom stereocenters. The number of nitrogens with zero attached hydrogens (tertiary/aromatic N) is 1. The average Bonchev–Trinajstić information content (AvgIpc) is 2.90. The smallest absolute Gasteiger partial charge is 0.256 e. The van der Waals surface area contributed by atoms with Crippen LogP contribution in [0.15, 0.2) is 36.5 Å². The molecule has 36 heavy (non-hydrogen) atoms. The molecule has 0 bridgehead atoms. The van der Waals surface area contributed by atoms with Crippen LogP contribution in [0.25, 0.3) is 0 Å². The summed E-state index contributed by atoms with van der Waals surface area (Å²) in [7, 11) is 0. The fourth-order valence-corrected chi connectivity index (χ4v) is 5.67. The molecule has 1 aliphatic carbocycles. The van der Waals surface area contributed by atoms with E-state index in [9.17, 15) is 9.59 Å². The highest BCUT2D eigenvalue weighted by Crippen LogP contribution is 2.26. The molecule has 8 nitrogen and oxygen atoms in total. The second-order valence-corrected chi connectivity index (χ2v) is 10.6. The third kappa shape index (κ3) is 7.13. The Hall–Kier alpha value is -2.78. The van der Waals surface area contributed by atoms with Crippen LogP contribution >= 0.6 is 11.8 Å². The van der Waals surface area contributed by atoms with E-state index < -0.39 is 0 Å². The Morgan fingerprint density at radius 3 is 2.31 bits per heavy atom. The Morgan fingerprint density at radius 1 is 1.00 bits per heavy atom. The summed E-state index contributed by atoms with van der Waals surface area (Å²) in [5, 5.41) is 15.3. The first-order valence-electron chi connectivity index (χ1n) is 12.7. The lowest BCUT2D eigenvalue weighted by Gasteiger charge is -2.30. The van der Waals surface area contributed by atoms with Gasteiger partial charge in [0.25, 0.3) is 11.8 Å². The molecule has 2 heterocycles. The minimum Gasteiger partial charge on any atom is -0.490 e. The van der Waals surface area contributed by atoms with E-state index in [0.717, 1.165) is 55.6 Å². The predicted octanol–water partition coefficient (Wildman–Crippen LogP) is 3.51. The fourth-order valence-electron chi connectivity index (χ4n) is 4.61. The van der Waals surface area contributed by atoms with Gasteiger partial charge in [0.2, 0.25) is 5.88 Å². The normalized spacial score (nSPS) is 20.4. The van der Waals surface area contributed by atoms with Gasteiger partial charge >= 0.3 is 0 Å². The van der Waals surface area contributed by atoms with Gasteiger partial charge in [-0.15, -0.1) is 0 Å². The molecule has 1 aliphatic heterocycles. The quantitative estimate of drug-likeness (QED) is 0.471. The summed E-state index contributed by atoms with van der Waals surface area (Å²) in [6.45, 7) is 1.95. The van der Waals surface area contributed by atoms with E-state index in [1.54, 1.807) is 30.5 Å². The van der Waals surface area contributed by atoms with Gasteiger partial charge in [-0.05, 0) is 80.7 Å². The van der Waals surface area contributed by atoms with Gasteiger partial charge in [-0.25, -0.2) is 4.98 Å². The van der Waals surface area contributed by atoms with Crippen LogP contribution in [0.4, 0.5) is 0 Å². The second kappa shape index (κ2) is 13.0. The van der Waals surface area contributed by atoms with Crippen molar-refractivity contribution in [2.45, 2.75) is 63.6 Å². The van der Waals surface area contributed by atoms with Gasteiger partial charge in [-0.3, -0.25) is 9.59 Å². The number of amides is 2. The van der Waals surface area contributed by atoms with Gasteiger partial charge in [0.15, 0.2) is 0 Å². The highest BCUT2D eigenvalue weighted by atomic mass is 32.2. The van der Waals surface area contributed by atoms with Crippen LogP contribution in [0.2, 0.25) is 0 Å². The molecule has 0 spiro atoms. The summed E-state index contributed by atoms with van der Waals surface area (Å²) >= 11 is 1.93. The first-order valence-corrected chi connectivity index (χ1v) is 13.8. The summed E-state index contributed by atoms with van der Waals surface area (Å²) in [6, 6.07) is 8.94. The lowest BCUT2D eigenvalue weighted by molar-refractivity contribution is 0.0883. The van der Waals surface area contributed by atoms with Gasteiger partial charge in [0.1, 0.15) is 24.0 Å². The number of carbonyl (C=O) groups excluding carboxylic acids is 2. The van der Waals surface area contributed by atoms with E-state index in [4.69, 9.17) is 14.6 Å². The van der Waals surface area contributed by atoms with Crippen molar-refractivity contribution in [2.24, 2.45) is 0 Å². The number of rotatable bonds is 9. The van der Waals surface area contributed by atoms with Gasteiger partial charge in [0, 0.05) is 18.3 Å². The SMILES string of the molecule is Cc1cnc(OC2CCSCC2)c(C(=O)NC2CCC(NC(=O)c3ccccc3OCCO)CC2)c1. The van der Waals surface area contributed by atoms with Crippen molar-refractivity contribution in [2.75, 3.05) is 24.7 Å². The Kier molecular flexibility index (Phi) is 9.47. The molecule has 2 aromatic rings. The van der Waals surface area contributed by atoms with E-state index in [2.05, 4.69) is 15.6 Å². The number of para-hydroxylation sites is 1. The standard InChI is InChI=1S/C27H35N3O5S/c1-18-16-23(27(28-17-18)35-21-10-14-36-15-11-21)26(33)30-20-8-6-19(7-9-20)29-25(32)22-4-2-3-5-24(22)34-13-12-31/h2-5,16-17,19-21,31H,6-15H2,1H3,(H,29,32)(H,30,33). The number of ether oxygens (including phenoxy) is 2. The van der Waals surface area contributed by atoms with Crippen molar-refractivity contribution in [3.8, 4) is 11.6 Å². The van der Waals surface area contributed by atoms with Crippen LogP contribution in [-0.4, -0.2) is 64.8 Å². The van der Waals surface area contributed by atoms with Gasteiger partial charge < -0.3 is 25.2 Å². The molecule has 1 saturated heterocycles. The molecule has 3 N–H and O–H groups in total. The minimum absolute atomic E-state index is 0.0280. The van der Waals surface area contributed by atoms with E-state index >= 15 is 0 Å². The highest BCUT2D eigenvalue weighted by Gasteiger charge is 2.27. The van der Waals surface area contributed by atoms with Crippen molar-refractivity contribution in [1.29, 1.82) is 0 Å². The maximum absolute atomic E-state index is 13.2. The molecule has 1 aromatic carbocycles. The van der Waals surface area contributed by atoms with Crippen LogP contribution in [-0.2, 0) is 0 Å². The molecular formula is C27H35N3O5S. The van der Waals surface area contributed by atoms with Crippen molar-refractivity contribution >= 4 is 23.6 Å². The van der Waals surface area contributed by atoms with Crippen LogP contribution in [0.1, 0.15) is 64.8 Å². The number of hydrogen-bond donors (Lipinski definition) is 3. The number of aryl methyl sites for hydroxylation is 1. The van der Waals surface area contributed by atoms with Gasteiger partial charge in [0.05, 0.1) is 12.2 Å². The molecular weight excluding hydrogens is 478 g/mol.